The summed E-state index contributed by atoms with van der Waals surface area (Å²) in [4.78, 5) is 8.33. The Balaban J connectivity index is 1.61. The number of nitrogens with zero attached hydrogens (tertiary/aromatic N) is 2. The fourth-order valence-corrected chi connectivity index (χ4v) is 3.43. The second kappa shape index (κ2) is 5.98. The smallest absolute Gasteiger partial charge is 0.0457 e. The van der Waals surface area contributed by atoms with Crippen molar-refractivity contribution in [1.82, 2.24) is 14.8 Å². The van der Waals surface area contributed by atoms with E-state index in [4.69, 9.17) is 0 Å². The molecule has 1 saturated heterocycles. The lowest BCUT2D eigenvalue weighted by atomic mass is 10.1. The number of benzene rings is 1. The van der Waals surface area contributed by atoms with E-state index in [1.807, 2.05) is 6.20 Å². The Bertz CT molecular complexity index is 560. The van der Waals surface area contributed by atoms with Crippen molar-refractivity contribution in [1.29, 1.82) is 0 Å². The number of rotatable bonds is 5. The van der Waals surface area contributed by atoms with Gasteiger partial charge in [0.1, 0.15) is 0 Å². The molecule has 1 fully saturated rings. The van der Waals surface area contributed by atoms with E-state index in [9.17, 15) is 0 Å². The molecule has 20 heavy (non-hydrogen) atoms. The molecule has 1 atom stereocenters. The Labute approximate surface area is 121 Å². The van der Waals surface area contributed by atoms with E-state index < -0.39 is 0 Å². The third kappa shape index (κ3) is 2.89. The molecule has 0 bridgehead atoms. The van der Waals surface area contributed by atoms with Crippen molar-refractivity contribution in [3.63, 3.8) is 0 Å². The van der Waals surface area contributed by atoms with Crippen molar-refractivity contribution in [3.8, 4) is 0 Å². The number of aromatic nitrogens is 1. The highest BCUT2D eigenvalue weighted by molar-refractivity contribution is 5.82. The highest BCUT2D eigenvalue weighted by Gasteiger charge is 2.22. The molecule has 3 nitrogen and oxygen atoms in total. The summed E-state index contributed by atoms with van der Waals surface area (Å²) in [7, 11) is 2.25. The topological polar surface area (TPSA) is 22.3 Å². The first kappa shape index (κ1) is 13.7. The third-order valence-corrected chi connectivity index (χ3v) is 4.51. The van der Waals surface area contributed by atoms with Gasteiger partial charge in [-0.3, -0.25) is 0 Å². The molecule has 3 heteroatoms. The monoisotopic (exact) mass is 271 g/mol. The predicted molar refractivity (Wildman–Crippen MR) is 84.9 cm³/mol. The standard InChI is InChI=1S/C17H25N3/c1-3-20-10-8-14(12-20)11-19(2)13-15-5-4-6-17-16(15)7-9-18-17/h4-7,9,14,18H,3,8,10-13H2,1-2H3/t14-/m0/s1. The molecule has 108 valence electrons. The molecule has 1 aromatic carbocycles. The Morgan fingerprint density at radius 1 is 1.35 bits per heavy atom. The quantitative estimate of drug-likeness (QED) is 0.903. The molecule has 1 N–H and O–H groups in total. The molecule has 1 aromatic heterocycles. The van der Waals surface area contributed by atoms with Crippen molar-refractivity contribution in [2.24, 2.45) is 5.92 Å². The van der Waals surface area contributed by atoms with Crippen LogP contribution in [0.25, 0.3) is 10.9 Å². The van der Waals surface area contributed by atoms with Gasteiger partial charge in [0.05, 0.1) is 0 Å². The lowest BCUT2D eigenvalue weighted by Crippen LogP contribution is -2.28. The zero-order valence-electron chi connectivity index (χ0n) is 12.6. The number of fused-ring (bicyclic) bond motifs is 1. The summed E-state index contributed by atoms with van der Waals surface area (Å²) in [5.74, 6) is 0.838. The van der Waals surface area contributed by atoms with Gasteiger partial charge < -0.3 is 14.8 Å². The summed E-state index contributed by atoms with van der Waals surface area (Å²) in [6.45, 7) is 8.26. The summed E-state index contributed by atoms with van der Waals surface area (Å²) in [6, 6.07) is 8.73. The zero-order valence-corrected chi connectivity index (χ0v) is 12.6. The summed E-state index contributed by atoms with van der Waals surface area (Å²) in [5.41, 5.74) is 2.67. The van der Waals surface area contributed by atoms with Gasteiger partial charge in [-0.15, -0.1) is 0 Å². The Kier molecular flexibility index (Phi) is 4.08. The van der Waals surface area contributed by atoms with Crippen LogP contribution in [-0.2, 0) is 6.54 Å². The number of hydrogen-bond acceptors (Lipinski definition) is 2. The van der Waals surface area contributed by atoms with E-state index >= 15 is 0 Å². The van der Waals surface area contributed by atoms with E-state index in [-0.39, 0.29) is 0 Å². The van der Waals surface area contributed by atoms with Crippen LogP contribution in [0.5, 0.6) is 0 Å². The van der Waals surface area contributed by atoms with E-state index in [0.29, 0.717) is 0 Å². The number of nitrogens with one attached hydrogen (secondary N) is 1. The molecule has 1 aliphatic rings. The van der Waals surface area contributed by atoms with Gasteiger partial charge in [-0.05, 0) is 50.2 Å². The first-order chi connectivity index (χ1) is 9.76. The Morgan fingerprint density at radius 2 is 2.25 bits per heavy atom. The maximum atomic E-state index is 3.29. The molecule has 0 aliphatic carbocycles. The highest BCUT2D eigenvalue weighted by atomic mass is 15.2. The van der Waals surface area contributed by atoms with Gasteiger partial charge in [-0.1, -0.05) is 19.1 Å². The van der Waals surface area contributed by atoms with Crippen molar-refractivity contribution >= 4 is 10.9 Å². The van der Waals surface area contributed by atoms with Crippen molar-refractivity contribution in [2.45, 2.75) is 19.9 Å². The van der Waals surface area contributed by atoms with E-state index in [1.165, 1.54) is 49.1 Å². The fraction of sp³-hybridized carbons (Fsp3) is 0.529. The predicted octanol–water partition coefficient (Wildman–Crippen LogP) is 2.94. The first-order valence-corrected chi connectivity index (χ1v) is 7.72. The highest BCUT2D eigenvalue weighted by Crippen LogP contribution is 2.21. The minimum Gasteiger partial charge on any atom is -0.361 e. The maximum Gasteiger partial charge on any atom is 0.0457 e. The van der Waals surface area contributed by atoms with Crippen LogP contribution in [0.2, 0.25) is 0 Å². The van der Waals surface area contributed by atoms with Crippen LogP contribution in [0.3, 0.4) is 0 Å². The van der Waals surface area contributed by atoms with Gasteiger partial charge >= 0.3 is 0 Å². The lowest BCUT2D eigenvalue weighted by Gasteiger charge is -2.21. The summed E-state index contributed by atoms with van der Waals surface area (Å²) < 4.78 is 0. The van der Waals surface area contributed by atoms with Gasteiger partial charge in [0.25, 0.3) is 0 Å². The molecular weight excluding hydrogens is 246 g/mol. The van der Waals surface area contributed by atoms with Crippen molar-refractivity contribution < 1.29 is 0 Å². The van der Waals surface area contributed by atoms with E-state index in [2.05, 4.69) is 53.0 Å². The van der Waals surface area contributed by atoms with Gasteiger partial charge in [0.2, 0.25) is 0 Å². The molecule has 1 aliphatic heterocycles. The van der Waals surface area contributed by atoms with Gasteiger partial charge in [-0.25, -0.2) is 0 Å². The number of hydrogen-bond donors (Lipinski definition) is 1. The van der Waals surface area contributed by atoms with Crippen LogP contribution in [0, 0.1) is 5.92 Å². The lowest BCUT2D eigenvalue weighted by molar-refractivity contribution is 0.261. The molecule has 3 rings (SSSR count). The van der Waals surface area contributed by atoms with Crippen LogP contribution >= 0.6 is 0 Å². The molecule has 2 aromatic rings. The number of H-pyrrole nitrogens is 1. The van der Waals surface area contributed by atoms with Gasteiger partial charge in [0.15, 0.2) is 0 Å². The van der Waals surface area contributed by atoms with Crippen LogP contribution in [0.15, 0.2) is 30.5 Å². The summed E-state index contributed by atoms with van der Waals surface area (Å²) in [6.07, 6.45) is 3.39. The minimum absolute atomic E-state index is 0.838. The SMILES string of the molecule is CCN1CC[C@@H](CN(C)Cc2cccc3[nH]ccc23)C1. The zero-order chi connectivity index (χ0) is 13.9. The molecule has 0 saturated carbocycles. The largest absolute Gasteiger partial charge is 0.361 e. The van der Waals surface area contributed by atoms with Crippen molar-refractivity contribution in [2.75, 3.05) is 33.2 Å². The molecule has 2 heterocycles. The first-order valence-electron chi connectivity index (χ1n) is 7.72. The Morgan fingerprint density at radius 3 is 3.05 bits per heavy atom. The van der Waals surface area contributed by atoms with E-state index in [1.54, 1.807) is 0 Å². The van der Waals surface area contributed by atoms with Crippen LogP contribution in [-0.4, -0.2) is 48.0 Å². The number of likely N-dealkylation sites (tertiary alicyclic amines) is 1. The molecule has 0 spiro atoms. The molecular formula is C17H25N3. The average Bonchev–Trinajstić information content (AvgIpc) is 3.07. The van der Waals surface area contributed by atoms with Gasteiger partial charge in [0, 0.05) is 36.7 Å². The third-order valence-electron chi connectivity index (χ3n) is 4.51. The second-order valence-electron chi connectivity index (χ2n) is 6.10. The fourth-order valence-electron chi connectivity index (χ4n) is 3.43. The van der Waals surface area contributed by atoms with Crippen LogP contribution in [0.1, 0.15) is 18.9 Å². The van der Waals surface area contributed by atoms with Crippen LogP contribution in [0.4, 0.5) is 0 Å². The average molecular weight is 271 g/mol. The van der Waals surface area contributed by atoms with Crippen LogP contribution < -0.4 is 0 Å². The second-order valence-corrected chi connectivity index (χ2v) is 6.10. The molecule has 0 radical (unpaired) electrons. The maximum absolute atomic E-state index is 3.29. The summed E-state index contributed by atoms with van der Waals surface area (Å²) in [5, 5.41) is 1.36. The van der Waals surface area contributed by atoms with E-state index in [0.717, 1.165) is 12.5 Å². The van der Waals surface area contributed by atoms with Gasteiger partial charge in [-0.2, -0.15) is 0 Å². The Hall–Kier alpha value is -1.32. The molecule has 0 amide bonds. The molecule has 0 unspecified atom stereocenters. The summed E-state index contributed by atoms with van der Waals surface area (Å²) >= 11 is 0. The number of aromatic amines is 1. The minimum atomic E-state index is 0.838. The van der Waals surface area contributed by atoms with Crippen molar-refractivity contribution in [3.05, 3.63) is 36.0 Å². The normalized spacial score (nSPS) is 20.2.